The number of rotatable bonds is 47. The predicted octanol–water partition coefficient (Wildman–Crippen LogP) is 17.1. The third-order valence-electron chi connectivity index (χ3n) is 11.3. The standard InChI is InChI=1S/C55H98O6/c1-4-7-10-13-16-19-22-25-28-31-33-36-39-42-45-48-54(57)60-51-52(61-55(58)49-46-43-40-37-34-30-27-24-21-18-15-12-9-6-3)50-59-53(56)47-44-41-38-35-32-29-26-23-20-17-14-11-8-5-2/h15,18,23-28,52H,4-14,16-17,19-22,29-51H2,1-3H3/b18-15-,26-23-,27-24-,28-25-. The maximum absolute atomic E-state index is 12.8. The van der Waals surface area contributed by atoms with Crippen molar-refractivity contribution in [2.45, 2.75) is 271 Å². The molecule has 0 aromatic heterocycles. The summed E-state index contributed by atoms with van der Waals surface area (Å²) in [6.07, 6.45) is 59.4. The molecule has 0 fully saturated rings. The average molecular weight is 855 g/mol. The quantitative estimate of drug-likeness (QED) is 0.0263. The van der Waals surface area contributed by atoms with E-state index in [0.29, 0.717) is 19.3 Å². The Morgan fingerprint density at radius 3 is 0.967 bits per heavy atom. The van der Waals surface area contributed by atoms with Crippen LogP contribution in [0.3, 0.4) is 0 Å². The van der Waals surface area contributed by atoms with Crippen LogP contribution >= 0.6 is 0 Å². The topological polar surface area (TPSA) is 78.9 Å². The summed E-state index contributed by atoms with van der Waals surface area (Å²) in [4.78, 5) is 38.0. The van der Waals surface area contributed by atoms with Crippen LogP contribution in [0.1, 0.15) is 265 Å². The van der Waals surface area contributed by atoms with E-state index in [4.69, 9.17) is 14.2 Å². The lowest BCUT2D eigenvalue weighted by atomic mass is 10.1. The highest BCUT2D eigenvalue weighted by Crippen LogP contribution is 2.14. The Bertz CT molecular complexity index is 1070. The number of carbonyl (C=O) groups excluding carboxylic acids is 3. The fourth-order valence-corrected chi connectivity index (χ4v) is 7.27. The number of hydrogen-bond acceptors (Lipinski definition) is 6. The van der Waals surface area contributed by atoms with E-state index >= 15 is 0 Å². The first-order valence-electron chi connectivity index (χ1n) is 26.1. The molecule has 0 aliphatic carbocycles. The maximum atomic E-state index is 12.8. The van der Waals surface area contributed by atoms with Gasteiger partial charge in [0.05, 0.1) is 0 Å². The van der Waals surface area contributed by atoms with Crippen LogP contribution in [0, 0.1) is 0 Å². The van der Waals surface area contributed by atoms with Crippen LogP contribution in [0.4, 0.5) is 0 Å². The molecule has 0 N–H and O–H groups in total. The second-order valence-electron chi connectivity index (χ2n) is 17.4. The number of esters is 3. The first kappa shape index (κ1) is 58.4. The molecule has 0 aromatic carbocycles. The Hall–Kier alpha value is -2.63. The molecule has 0 amide bonds. The molecule has 0 aromatic rings. The summed E-state index contributed by atoms with van der Waals surface area (Å²) in [7, 11) is 0. The molecular formula is C55H98O6. The number of unbranched alkanes of at least 4 members (excludes halogenated alkanes) is 28. The summed E-state index contributed by atoms with van der Waals surface area (Å²) in [5.41, 5.74) is 0. The molecule has 0 rings (SSSR count). The van der Waals surface area contributed by atoms with Crippen molar-refractivity contribution >= 4 is 17.9 Å². The lowest BCUT2D eigenvalue weighted by Crippen LogP contribution is -2.30. The van der Waals surface area contributed by atoms with Gasteiger partial charge < -0.3 is 14.2 Å². The molecule has 0 spiro atoms. The first-order chi connectivity index (χ1) is 30.0. The van der Waals surface area contributed by atoms with Crippen LogP contribution in [0.25, 0.3) is 0 Å². The van der Waals surface area contributed by atoms with Gasteiger partial charge in [-0.05, 0) is 96.3 Å². The highest BCUT2D eigenvalue weighted by Gasteiger charge is 2.19. The molecule has 0 heterocycles. The van der Waals surface area contributed by atoms with Crippen molar-refractivity contribution in [2.75, 3.05) is 13.2 Å². The second kappa shape index (κ2) is 50.0. The number of hydrogen-bond donors (Lipinski definition) is 0. The zero-order valence-corrected chi connectivity index (χ0v) is 40.4. The van der Waals surface area contributed by atoms with Gasteiger partial charge in [0.2, 0.25) is 0 Å². The second-order valence-corrected chi connectivity index (χ2v) is 17.4. The monoisotopic (exact) mass is 855 g/mol. The summed E-state index contributed by atoms with van der Waals surface area (Å²) in [6, 6.07) is 0. The van der Waals surface area contributed by atoms with Gasteiger partial charge in [0, 0.05) is 19.3 Å². The van der Waals surface area contributed by atoms with E-state index in [-0.39, 0.29) is 31.1 Å². The van der Waals surface area contributed by atoms with E-state index < -0.39 is 6.10 Å². The zero-order chi connectivity index (χ0) is 44.4. The molecule has 6 nitrogen and oxygen atoms in total. The third-order valence-corrected chi connectivity index (χ3v) is 11.3. The summed E-state index contributed by atoms with van der Waals surface area (Å²) in [5.74, 6) is -0.909. The summed E-state index contributed by atoms with van der Waals surface area (Å²) in [6.45, 7) is 6.57. The SMILES string of the molecule is CCCC/C=C\C/C=C\CCCCCCCC(=O)OC(COC(=O)CCCCCCC/C=C\CCCCCCC)COC(=O)CCCCCCC/C=C\CCCCCCCC. The lowest BCUT2D eigenvalue weighted by Gasteiger charge is -2.18. The molecule has 0 saturated heterocycles. The molecule has 61 heavy (non-hydrogen) atoms. The van der Waals surface area contributed by atoms with Crippen LogP contribution in [0.5, 0.6) is 0 Å². The molecule has 1 atom stereocenters. The molecule has 0 aliphatic heterocycles. The van der Waals surface area contributed by atoms with Crippen molar-refractivity contribution in [3.63, 3.8) is 0 Å². The molecule has 0 saturated carbocycles. The smallest absolute Gasteiger partial charge is 0.306 e. The summed E-state index contributed by atoms with van der Waals surface area (Å²) < 4.78 is 16.8. The van der Waals surface area contributed by atoms with Crippen molar-refractivity contribution < 1.29 is 28.6 Å². The van der Waals surface area contributed by atoms with Crippen LogP contribution in [0.2, 0.25) is 0 Å². The van der Waals surface area contributed by atoms with Crippen LogP contribution < -0.4 is 0 Å². The first-order valence-corrected chi connectivity index (χ1v) is 26.1. The van der Waals surface area contributed by atoms with Crippen molar-refractivity contribution in [3.05, 3.63) is 48.6 Å². The minimum absolute atomic E-state index is 0.0850. The van der Waals surface area contributed by atoms with Gasteiger partial charge in [0.1, 0.15) is 13.2 Å². The van der Waals surface area contributed by atoms with Gasteiger partial charge in [-0.3, -0.25) is 14.4 Å². The van der Waals surface area contributed by atoms with E-state index in [1.165, 1.54) is 128 Å². The Morgan fingerprint density at radius 2 is 0.607 bits per heavy atom. The fraction of sp³-hybridized carbons (Fsp3) is 0.800. The Morgan fingerprint density at radius 1 is 0.328 bits per heavy atom. The number of carbonyl (C=O) groups is 3. The van der Waals surface area contributed by atoms with Gasteiger partial charge in [0.25, 0.3) is 0 Å². The minimum Gasteiger partial charge on any atom is -0.462 e. The molecule has 1 unspecified atom stereocenters. The number of ether oxygens (including phenoxy) is 3. The van der Waals surface area contributed by atoms with Crippen LogP contribution in [-0.4, -0.2) is 37.2 Å². The number of allylic oxidation sites excluding steroid dienone is 8. The molecule has 6 heteroatoms. The van der Waals surface area contributed by atoms with Crippen LogP contribution in [0.15, 0.2) is 48.6 Å². The Labute approximate surface area is 378 Å². The molecule has 0 radical (unpaired) electrons. The molecule has 354 valence electrons. The predicted molar refractivity (Wildman–Crippen MR) is 261 cm³/mol. The van der Waals surface area contributed by atoms with Crippen LogP contribution in [-0.2, 0) is 28.6 Å². The summed E-state index contributed by atoms with van der Waals surface area (Å²) >= 11 is 0. The van der Waals surface area contributed by atoms with Crippen molar-refractivity contribution in [1.82, 2.24) is 0 Å². The molecule has 0 bridgehead atoms. The van der Waals surface area contributed by atoms with Gasteiger partial charge in [-0.25, -0.2) is 0 Å². The molecular weight excluding hydrogens is 757 g/mol. The highest BCUT2D eigenvalue weighted by molar-refractivity contribution is 5.71. The van der Waals surface area contributed by atoms with Gasteiger partial charge in [-0.15, -0.1) is 0 Å². The van der Waals surface area contributed by atoms with Gasteiger partial charge in [-0.2, -0.15) is 0 Å². The lowest BCUT2D eigenvalue weighted by molar-refractivity contribution is -0.167. The highest BCUT2D eigenvalue weighted by atomic mass is 16.6. The zero-order valence-electron chi connectivity index (χ0n) is 40.4. The van der Waals surface area contributed by atoms with Gasteiger partial charge in [-0.1, -0.05) is 198 Å². The van der Waals surface area contributed by atoms with Crippen molar-refractivity contribution in [1.29, 1.82) is 0 Å². The van der Waals surface area contributed by atoms with E-state index in [1.807, 2.05) is 0 Å². The van der Waals surface area contributed by atoms with E-state index in [1.54, 1.807) is 0 Å². The molecule has 0 aliphatic rings. The van der Waals surface area contributed by atoms with Crippen molar-refractivity contribution in [2.24, 2.45) is 0 Å². The van der Waals surface area contributed by atoms with Gasteiger partial charge in [0.15, 0.2) is 6.10 Å². The van der Waals surface area contributed by atoms with E-state index in [2.05, 4.69) is 69.4 Å². The summed E-state index contributed by atoms with van der Waals surface area (Å²) in [5, 5.41) is 0. The van der Waals surface area contributed by atoms with Gasteiger partial charge >= 0.3 is 17.9 Å². The van der Waals surface area contributed by atoms with Crippen molar-refractivity contribution in [3.8, 4) is 0 Å². The Balaban J connectivity index is 4.41. The fourth-order valence-electron chi connectivity index (χ4n) is 7.27. The maximum Gasteiger partial charge on any atom is 0.306 e. The normalized spacial score (nSPS) is 12.4. The van der Waals surface area contributed by atoms with E-state index in [0.717, 1.165) is 96.3 Å². The minimum atomic E-state index is -0.785. The largest absolute Gasteiger partial charge is 0.462 e. The Kier molecular flexibility index (Phi) is 47.9. The third kappa shape index (κ3) is 48.3. The average Bonchev–Trinajstić information content (AvgIpc) is 3.26. The van der Waals surface area contributed by atoms with E-state index in [9.17, 15) is 14.4 Å².